The summed E-state index contributed by atoms with van der Waals surface area (Å²) >= 11 is 0. The summed E-state index contributed by atoms with van der Waals surface area (Å²) in [6.07, 6.45) is -2.66. The molecule has 1 heterocycles. The van der Waals surface area contributed by atoms with Crippen molar-refractivity contribution in [2.45, 2.75) is 18.6 Å². The molecule has 18 heavy (non-hydrogen) atoms. The summed E-state index contributed by atoms with van der Waals surface area (Å²) in [4.78, 5) is 12.3. The van der Waals surface area contributed by atoms with Gasteiger partial charge in [-0.1, -0.05) is 30.3 Å². The Labute approximate surface area is 103 Å². The van der Waals surface area contributed by atoms with Crippen molar-refractivity contribution in [3.63, 3.8) is 0 Å². The molecule has 1 atom stereocenters. The summed E-state index contributed by atoms with van der Waals surface area (Å²) in [6, 6.07) is 8.93. The predicted octanol–water partition coefficient (Wildman–Crippen LogP) is 1.64. The highest BCUT2D eigenvalue weighted by molar-refractivity contribution is 5.68. The highest BCUT2D eigenvalue weighted by Crippen LogP contribution is 2.27. The summed E-state index contributed by atoms with van der Waals surface area (Å²) in [5, 5.41) is 9.06. The van der Waals surface area contributed by atoms with Gasteiger partial charge in [0.2, 0.25) is 0 Å². The van der Waals surface area contributed by atoms with Crippen LogP contribution in [0.5, 0.6) is 0 Å². The summed E-state index contributed by atoms with van der Waals surface area (Å²) in [7, 11) is 0. The molecule has 1 aromatic rings. The van der Waals surface area contributed by atoms with Gasteiger partial charge in [-0.15, -0.1) is 0 Å². The monoisotopic (exact) mass is 257 g/mol. The number of halogens is 2. The van der Waals surface area contributed by atoms with Crippen molar-refractivity contribution in [1.82, 2.24) is 4.90 Å². The number of ether oxygens (including phenoxy) is 1. The number of aliphatic hydroxyl groups is 1. The van der Waals surface area contributed by atoms with Crippen LogP contribution in [0, 0.1) is 0 Å². The van der Waals surface area contributed by atoms with Gasteiger partial charge >= 0.3 is 6.09 Å². The molecular weight excluding hydrogens is 244 g/mol. The van der Waals surface area contributed by atoms with Gasteiger partial charge in [-0.3, -0.25) is 4.90 Å². The molecule has 6 heteroatoms. The molecule has 1 aliphatic rings. The number of nitrogens with zero attached hydrogens (tertiary/aromatic N) is 1. The van der Waals surface area contributed by atoms with E-state index in [2.05, 4.69) is 0 Å². The minimum Gasteiger partial charge on any atom is -0.445 e. The second kappa shape index (κ2) is 4.89. The minimum atomic E-state index is -3.26. The molecule has 1 aromatic carbocycles. The SMILES string of the molecule is O=C(OCc1ccccc1)N1C[C@H](O)C(F)(F)C1. The average Bonchev–Trinajstić information content (AvgIpc) is 2.62. The van der Waals surface area contributed by atoms with Crippen molar-refractivity contribution < 1.29 is 23.4 Å². The van der Waals surface area contributed by atoms with Gasteiger partial charge in [0, 0.05) is 0 Å². The van der Waals surface area contributed by atoms with Crippen LogP contribution in [0.15, 0.2) is 30.3 Å². The van der Waals surface area contributed by atoms with Crippen molar-refractivity contribution in [3.8, 4) is 0 Å². The smallest absolute Gasteiger partial charge is 0.410 e. The van der Waals surface area contributed by atoms with E-state index in [4.69, 9.17) is 9.84 Å². The topological polar surface area (TPSA) is 49.8 Å². The van der Waals surface area contributed by atoms with E-state index in [0.717, 1.165) is 10.5 Å². The number of carbonyl (C=O) groups excluding carboxylic acids is 1. The first-order valence-corrected chi connectivity index (χ1v) is 5.50. The van der Waals surface area contributed by atoms with Gasteiger partial charge in [0.05, 0.1) is 13.1 Å². The third-order valence-corrected chi connectivity index (χ3v) is 2.75. The van der Waals surface area contributed by atoms with Gasteiger partial charge in [0.15, 0.2) is 0 Å². The molecule has 1 N–H and O–H groups in total. The summed E-state index contributed by atoms with van der Waals surface area (Å²) in [6.45, 7) is -1.18. The number of β-amino-alcohol motifs (C(OH)–C–C–N with tert-alkyl or cyclic N) is 1. The van der Waals surface area contributed by atoms with Crippen LogP contribution in [-0.4, -0.2) is 41.2 Å². The first kappa shape index (κ1) is 12.8. The Kier molecular flexibility index (Phi) is 3.47. The standard InChI is InChI=1S/C12H13F2NO3/c13-12(14)8-15(6-10(12)16)11(17)18-7-9-4-2-1-3-5-9/h1-5,10,16H,6-8H2/t10-/m0/s1. The van der Waals surface area contributed by atoms with E-state index < -0.39 is 31.2 Å². The summed E-state index contributed by atoms with van der Waals surface area (Å²) in [5.74, 6) is -3.26. The van der Waals surface area contributed by atoms with Gasteiger partial charge in [0.25, 0.3) is 5.92 Å². The minimum absolute atomic E-state index is 0.0256. The van der Waals surface area contributed by atoms with Gasteiger partial charge in [0.1, 0.15) is 12.7 Å². The number of rotatable bonds is 2. The Morgan fingerprint density at radius 3 is 2.67 bits per heavy atom. The van der Waals surface area contributed by atoms with Crippen molar-refractivity contribution in [3.05, 3.63) is 35.9 Å². The van der Waals surface area contributed by atoms with E-state index >= 15 is 0 Å². The fourth-order valence-electron chi connectivity index (χ4n) is 1.72. The molecule has 4 nitrogen and oxygen atoms in total. The van der Waals surface area contributed by atoms with Gasteiger partial charge in [-0.05, 0) is 5.56 Å². The quantitative estimate of drug-likeness (QED) is 0.876. The number of amides is 1. The van der Waals surface area contributed by atoms with Gasteiger partial charge < -0.3 is 9.84 Å². The molecule has 0 aliphatic carbocycles. The lowest BCUT2D eigenvalue weighted by atomic mass is 10.2. The van der Waals surface area contributed by atoms with Crippen molar-refractivity contribution >= 4 is 6.09 Å². The number of benzene rings is 1. The fourth-order valence-corrected chi connectivity index (χ4v) is 1.72. The predicted molar refractivity (Wildman–Crippen MR) is 59.2 cm³/mol. The Hall–Kier alpha value is -1.69. The zero-order valence-corrected chi connectivity index (χ0v) is 9.55. The number of hydrogen-bond acceptors (Lipinski definition) is 3. The highest BCUT2D eigenvalue weighted by Gasteiger charge is 2.49. The summed E-state index contributed by atoms with van der Waals surface area (Å²) in [5.41, 5.74) is 0.775. The maximum absolute atomic E-state index is 13.0. The van der Waals surface area contributed by atoms with Crippen molar-refractivity contribution in [2.75, 3.05) is 13.1 Å². The maximum Gasteiger partial charge on any atom is 0.410 e. The molecule has 98 valence electrons. The van der Waals surface area contributed by atoms with Crippen LogP contribution in [0.3, 0.4) is 0 Å². The number of hydrogen-bond donors (Lipinski definition) is 1. The highest BCUT2D eigenvalue weighted by atomic mass is 19.3. The number of alkyl halides is 2. The van der Waals surface area contributed by atoms with E-state index in [9.17, 15) is 13.6 Å². The molecule has 0 bridgehead atoms. The normalized spacial score (nSPS) is 21.9. The zero-order valence-electron chi connectivity index (χ0n) is 9.55. The van der Waals surface area contributed by atoms with Crippen molar-refractivity contribution in [1.29, 1.82) is 0 Å². The Morgan fingerprint density at radius 1 is 1.44 bits per heavy atom. The third-order valence-electron chi connectivity index (χ3n) is 2.75. The molecule has 2 rings (SSSR count). The lowest BCUT2D eigenvalue weighted by molar-refractivity contribution is -0.0729. The van der Waals surface area contributed by atoms with E-state index in [1.807, 2.05) is 6.07 Å². The van der Waals surface area contributed by atoms with E-state index in [1.165, 1.54) is 0 Å². The molecular formula is C12H13F2NO3. The van der Waals surface area contributed by atoms with Crippen LogP contribution in [0.4, 0.5) is 13.6 Å². The summed E-state index contributed by atoms with van der Waals surface area (Å²) < 4.78 is 30.9. The molecule has 0 unspecified atom stereocenters. The molecule has 1 fully saturated rings. The van der Waals surface area contributed by atoms with Crippen LogP contribution in [0.2, 0.25) is 0 Å². The third kappa shape index (κ3) is 2.76. The molecule has 1 saturated heterocycles. The Morgan fingerprint density at radius 2 is 2.11 bits per heavy atom. The van der Waals surface area contributed by atoms with Gasteiger partial charge in [-0.25, -0.2) is 13.6 Å². The molecule has 1 aliphatic heterocycles. The van der Waals surface area contributed by atoms with E-state index in [1.54, 1.807) is 24.3 Å². The Bertz CT molecular complexity index is 425. The zero-order chi connectivity index (χ0) is 13.2. The van der Waals surface area contributed by atoms with Crippen LogP contribution in [-0.2, 0) is 11.3 Å². The lowest BCUT2D eigenvalue weighted by Gasteiger charge is -2.15. The van der Waals surface area contributed by atoms with Gasteiger partial charge in [-0.2, -0.15) is 0 Å². The lowest BCUT2D eigenvalue weighted by Crippen LogP contribution is -2.32. The first-order valence-electron chi connectivity index (χ1n) is 5.50. The molecule has 0 spiro atoms. The number of aliphatic hydroxyl groups excluding tert-OH is 1. The van der Waals surface area contributed by atoms with Crippen LogP contribution in [0.1, 0.15) is 5.56 Å². The van der Waals surface area contributed by atoms with E-state index in [0.29, 0.717) is 0 Å². The van der Waals surface area contributed by atoms with Crippen LogP contribution >= 0.6 is 0 Å². The Balaban J connectivity index is 1.87. The molecule has 0 aromatic heterocycles. The first-order chi connectivity index (χ1) is 8.49. The van der Waals surface area contributed by atoms with E-state index in [-0.39, 0.29) is 6.61 Å². The molecule has 0 radical (unpaired) electrons. The van der Waals surface area contributed by atoms with Crippen LogP contribution in [0.25, 0.3) is 0 Å². The second-order valence-electron chi connectivity index (χ2n) is 4.20. The maximum atomic E-state index is 13.0. The fraction of sp³-hybridized carbons (Fsp3) is 0.417. The van der Waals surface area contributed by atoms with Crippen LogP contribution < -0.4 is 0 Å². The largest absolute Gasteiger partial charge is 0.445 e. The molecule has 0 saturated carbocycles. The van der Waals surface area contributed by atoms with Crippen molar-refractivity contribution in [2.24, 2.45) is 0 Å². The average molecular weight is 257 g/mol. The second-order valence-corrected chi connectivity index (χ2v) is 4.20. The number of likely N-dealkylation sites (tertiary alicyclic amines) is 1. The molecule has 1 amide bonds. The number of carbonyl (C=O) groups is 1.